The van der Waals surface area contributed by atoms with Crippen LogP contribution in [0.5, 0.6) is 5.75 Å². The maximum Gasteiger partial charge on any atom is 0.419 e. The molecule has 2 heterocycles. The summed E-state index contributed by atoms with van der Waals surface area (Å²) in [6.07, 6.45) is -2.31. The third-order valence-corrected chi connectivity index (χ3v) is 4.98. The zero-order valence-electron chi connectivity index (χ0n) is 17.1. The summed E-state index contributed by atoms with van der Waals surface area (Å²) in [7, 11) is 0. The zero-order chi connectivity index (χ0) is 22.7. The third-order valence-electron chi connectivity index (χ3n) is 4.98. The van der Waals surface area contributed by atoms with Crippen molar-refractivity contribution in [2.75, 3.05) is 6.67 Å². The summed E-state index contributed by atoms with van der Waals surface area (Å²) < 4.78 is 64.9. The molecule has 0 amide bonds. The molecule has 0 saturated carbocycles. The number of benzene rings is 2. The maximum absolute atomic E-state index is 13.7. The first-order valence-electron chi connectivity index (χ1n) is 10.1. The number of aromatic amines is 1. The summed E-state index contributed by atoms with van der Waals surface area (Å²) in [4.78, 5) is 11.3. The molecule has 1 N–H and O–H groups in total. The van der Waals surface area contributed by atoms with Gasteiger partial charge in [0.1, 0.15) is 18.5 Å². The molecule has 0 aliphatic heterocycles. The lowest BCUT2D eigenvalue weighted by molar-refractivity contribution is -0.139. The molecular weight excluding hydrogens is 428 g/mol. The number of hydrogen-bond acceptors (Lipinski definition) is 5. The first-order chi connectivity index (χ1) is 15.4. The zero-order valence-corrected chi connectivity index (χ0v) is 17.1. The first-order valence-corrected chi connectivity index (χ1v) is 10.1. The Morgan fingerprint density at radius 2 is 1.94 bits per heavy atom. The Labute approximate surface area is 180 Å². The second kappa shape index (κ2) is 8.97. The fraction of sp³-hybridized carbons (Fsp3) is 0.318. The normalized spacial score (nSPS) is 12.9. The summed E-state index contributed by atoms with van der Waals surface area (Å²) in [6, 6.07) is 8.69. The second-order valence-electron chi connectivity index (χ2n) is 7.30. The average Bonchev–Trinajstić information content (AvgIpc) is 3.45. The first kappa shape index (κ1) is 21.8. The molecule has 1 atom stereocenters. The van der Waals surface area contributed by atoms with E-state index in [-0.39, 0.29) is 17.3 Å². The number of unbranched alkanes of at least 4 members (excludes halogenated alkanes) is 1. The van der Waals surface area contributed by atoms with Crippen molar-refractivity contribution in [2.24, 2.45) is 0 Å². The molecule has 0 aliphatic rings. The van der Waals surface area contributed by atoms with Crippen molar-refractivity contribution in [3.8, 4) is 28.6 Å². The van der Waals surface area contributed by atoms with E-state index >= 15 is 0 Å². The topological polar surface area (TPSA) is 76.8 Å². The van der Waals surface area contributed by atoms with Gasteiger partial charge in [-0.05, 0) is 49.2 Å². The third kappa shape index (κ3) is 4.58. The molecular formula is C22H20F4N4O2. The summed E-state index contributed by atoms with van der Waals surface area (Å²) in [6.45, 7) is 1.05. The van der Waals surface area contributed by atoms with E-state index < -0.39 is 30.3 Å². The lowest BCUT2D eigenvalue weighted by Gasteiger charge is -2.20. The fourth-order valence-electron chi connectivity index (χ4n) is 3.30. The van der Waals surface area contributed by atoms with E-state index in [4.69, 9.17) is 9.26 Å². The van der Waals surface area contributed by atoms with E-state index in [2.05, 4.69) is 20.1 Å². The van der Waals surface area contributed by atoms with E-state index in [1.54, 1.807) is 24.5 Å². The molecule has 4 rings (SSSR count). The van der Waals surface area contributed by atoms with E-state index in [9.17, 15) is 17.6 Å². The van der Waals surface area contributed by atoms with Crippen LogP contribution in [0.1, 0.15) is 31.7 Å². The van der Waals surface area contributed by atoms with E-state index in [0.29, 0.717) is 18.4 Å². The average molecular weight is 448 g/mol. The van der Waals surface area contributed by atoms with Gasteiger partial charge in [-0.3, -0.25) is 0 Å². The molecule has 4 aromatic rings. The van der Waals surface area contributed by atoms with Gasteiger partial charge in [0.15, 0.2) is 0 Å². The highest BCUT2D eigenvalue weighted by Gasteiger charge is 2.36. The minimum atomic E-state index is -4.70. The van der Waals surface area contributed by atoms with Gasteiger partial charge < -0.3 is 14.2 Å². The van der Waals surface area contributed by atoms with Crippen LogP contribution in [0.4, 0.5) is 17.6 Å². The van der Waals surface area contributed by atoms with Crippen LogP contribution in [-0.4, -0.2) is 32.9 Å². The number of nitrogens with one attached hydrogen (secondary N) is 1. The van der Waals surface area contributed by atoms with Crippen LogP contribution < -0.4 is 4.74 Å². The van der Waals surface area contributed by atoms with Crippen LogP contribution in [0.15, 0.2) is 47.2 Å². The van der Waals surface area contributed by atoms with Gasteiger partial charge in [-0.15, -0.1) is 0 Å². The lowest BCUT2D eigenvalue weighted by atomic mass is 10.1. The Kier molecular flexibility index (Phi) is 6.11. The quantitative estimate of drug-likeness (QED) is 0.325. The Morgan fingerprint density at radius 1 is 1.12 bits per heavy atom. The van der Waals surface area contributed by atoms with Gasteiger partial charge in [-0.2, -0.15) is 18.2 Å². The van der Waals surface area contributed by atoms with Crippen molar-refractivity contribution in [3.05, 3.63) is 48.3 Å². The van der Waals surface area contributed by atoms with Gasteiger partial charge in [0.05, 0.1) is 22.9 Å². The smallest absolute Gasteiger partial charge is 0.419 e. The molecule has 32 heavy (non-hydrogen) atoms. The summed E-state index contributed by atoms with van der Waals surface area (Å²) in [5, 5.41) is 3.88. The Bertz CT molecular complexity index is 1200. The van der Waals surface area contributed by atoms with Gasteiger partial charge in [0.2, 0.25) is 5.82 Å². The van der Waals surface area contributed by atoms with Crippen molar-refractivity contribution in [1.29, 1.82) is 0 Å². The van der Waals surface area contributed by atoms with Crippen molar-refractivity contribution in [3.63, 3.8) is 0 Å². The number of aromatic nitrogens is 4. The highest BCUT2D eigenvalue weighted by molar-refractivity contribution is 5.80. The molecule has 0 saturated heterocycles. The highest BCUT2D eigenvalue weighted by Crippen LogP contribution is 2.39. The predicted octanol–water partition coefficient (Wildman–Crippen LogP) is 6.21. The van der Waals surface area contributed by atoms with Gasteiger partial charge in [0, 0.05) is 11.1 Å². The van der Waals surface area contributed by atoms with Crippen molar-refractivity contribution >= 4 is 11.0 Å². The SMILES string of the molecule is CCCCC(CF)Oc1ccc(-c2nc(-c3ccc4nc[nH]c4c3)no2)cc1C(F)(F)F. The Morgan fingerprint density at radius 3 is 2.69 bits per heavy atom. The molecule has 6 nitrogen and oxygen atoms in total. The largest absolute Gasteiger partial charge is 0.487 e. The molecule has 10 heteroatoms. The van der Waals surface area contributed by atoms with Crippen molar-refractivity contribution in [2.45, 2.75) is 38.5 Å². The number of imidazole rings is 1. The van der Waals surface area contributed by atoms with Crippen LogP contribution in [0.25, 0.3) is 33.9 Å². The number of ether oxygens (including phenoxy) is 1. The van der Waals surface area contributed by atoms with E-state index in [1.165, 1.54) is 6.07 Å². The molecule has 0 bridgehead atoms. The molecule has 2 aromatic carbocycles. The van der Waals surface area contributed by atoms with E-state index in [0.717, 1.165) is 29.6 Å². The minimum Gasteiger partial charge on any atom is -0.487 e. The number of rotatable bonds is 8. The van der Waals surface area contributed by atoms with Crippen LogP contribution in [-0.2, 0) is 6.18 Å². The number of hydrogen-bond donors (Lipinski definition) is 1. The monoisotopic (exact) mass is 448 g/mol. The second-order valence-corrected chi connectivity index (χ2v) is 7.30. The number of nitrogens with zero attached hydrogens (tertiary/aromatic N) is 3. The number of fused-ring (bicyclic) bond motifs is 1. The van der Waals surface area contributed by atoms with E-state index in [1.807, 2.05) is 6.92 Å². The van der Waals surface area contributed by atoms with Crippen LogP contribution in [0, 0.1) is 0 Å². The van der Waals surface area contributed by atoms with Gasteiger partial charge in [-0.1, -0.05) is 18.5 Å². The molecule has 0 radical (unpaired) electrons. The highest BCUT2D eigenvalue weighted by atomic mass is 19.4. The number of H-pyrrole nitrogens is 1. The lowest BCUT2D eigenvalue weighted by Crippen LogP contribution is -2.21. The van der Waals surface area contributed by atoms with Crippen LogP contribution in [0.3, 0.4) is 0 Å². The molecule has 0 spiro atoms. The van der Waals surface area contributed by atoms with Gasteiger partial charge in [0.25, 0.3) is 5.89 Å². The molecule has 168 valence electrons. The van der Waals surface area contributed by atoms with Gasteiger partial charge >= 0.3 is 6.18 Å². The number of alkyl halides is 4. The van der Waals surface area contributed by atoms with Gasteiger partial charge in [-0.25, -0.2) is 9.37 Å². The summed E-state index contributed by atoms with van der Waals surface area (Å²) in [5.41, 5.74) is 1.20. The number of halogens is 4. The molecule has 2 aromatic heterocycles. The molecule has 0 aliphatic carbocycles. The Hall–Kier alpha value is -3.43. The van der Waals surface area contributed by atoms with Crippen LogP contribution >= 0.6 is 0 Å². The Balaban J connectivity index is 1.64. The standard InChI is InChI=1S/C22H20F4N4O2/c1-2-3-4-15(11-23)31-19-8-6-14(9-16(19)22(24,25)26)21-29-20(30-32-21)13-5-7-17-18(10-13)28-12-27-17/h5-10,12,15H,2-4,11H2,1H3,(H,27,28). The predicted molar refractivity (Wildman–Crippen MR) is 110 cm³/mol. The molecule has 1 unspecified atom stereocenters. The summed E-state index contributed by atoms with van der Waals surface area (Å²) in [5.74, 6) is -0.276. The molecule has 0 fully saturated rings. The van der Waals surface area contributed by atoms with Crippen molar-refractivity contribution < 1.29 is 26.8 Å². The van der Waals surface area contributed by atoms with Crippen LogP contribution in [0.2, 0.25) is 0 Å². The minimum absolute atomic E-state index is 0.0743. The fourth-order valence-corrected chi connectivity index (χ4v) is 3.30. The van der Waals surface area contributed by atoms with Crippen molar-refractivity contribution in [1.82, 2.24) is 20.1 Å². The maximum atomic E-state index is 13.7. The summed E-state index contributed by atoms with van der Waals surface area (Å²) >= 11 is 0.